The van der Waals surface area contributed by atoms with Crippen LogP contribution in [0.15, 0.2) is 18.2 Å². The second-order valence-corrected chi connectivity index (χ2v) is 5.19. The SMILES string of the molecule is Cc1cc(F)cc(NC(=O)C2(C)CCCCN2)c1.Cl. The van der Waals surface area contributed by atoms with E-state index in [1.807, 2.05) is 6.92 Å². The minimum Gasteiger partial charge on any atom is -0.324 e. The van der Waals surface area contributed by atoms with E-state index < -0.39 is 5.54 Å². The summed E-state index contributed by atoms with van der Waals surface area (Å²) in [7, 11) is 0. The third-order valence-corrected chi connectivity index (χ3v) is 3.42. The molecular weight excluding hydrogens is 267 g/mol. The highest BCUT2D eigenvalue weighted by atomic mass is 35.5. The van der Waals surface area contributed by atoms with Crippen molar-refractivity contribution in [3.8, 4) is 0 Å². The number of aryl methyl sites for hydroxylation is 1. The summed E-state index contributed by atoms with van der Waals surface area (Å²) in [5.74, 6) is -0.417. The number of hydrogen-bond acceptors (Lipinski definition) is 2. The molecule has 1 amide bonds. The lowest BCUT2D eigenvalue weighted by molar-refractivity contribution is -0.122. The summed E-state index contributed by atoms with van der Waals surface area (Å²) < 4.78 is 13.2. The summed E-state index contributed by atoms with van der Waals surface area (Å²) >= 11 is 0. The molecule has 1 fully saturated rings. The van der Waals surface area contributed by atoms with Gasteiger partial charge in [-0.25, -0.2) is 4.39 Å². The van der Waals surface area contributed by atoms with Crippen LogP contribution >= 0.6 is 12.4 Å². The van der Waals surface area contributed by atoms with E-state index in [1.165, 1.54) is 12.1 Å². The van der Waals surface area contributed by atoms with Crippen molar-refractivity contribution in [3.63, 3.8) is 0 Å². The van der Waals surface area contributed by atoms with Gasteiger partial charge in [0.15, 0.2) is 0 Å². The standard InChI is InChI=1S/C14H19FN2O.ClH/c1-10-7-11(15)9-12(8-10)17-13(18)14(2)5-3-4-6-16-14;/h7-9,16H,3-6H2,1-2H3,(H,17,18);1H. The molecule has 0 aliphatic carbocycles. The summed E-state index contributed by atoms with van der Waals surface area (Å²) in [6, 6.07) is 4.56. The molecule has 0 saturated carbocycles. The van der Waals surface area contributed by atoms with Crippen LogP contribution in [0.3, 0.4) is 0 Å². The van der Waals surface area contributed by atoms with E-state index in [-0.39, 0.29) is 24.1 Å². The van der Waals surface area contributed by atoms with Crippen LogP contribution in [-0.4, -0.2) is 18.0 Å². The highest BCUT2D eigenvalue weighted by Gasteiger charge is 2.34. The van der Waals surface area contributed by atoms with E-state index in [1.54, 1.807) is 13.0 Å². The van der Waals surface area contributed by atoms with Gasteiger partial charge in [-0.2, -0.15) is 0 Å². The van der Waals surface area contributed by atoms with E-state index in [4.69, 9.17) is 0 Å². The van der Waals surface area contributed by atoms with Crippen LogP contribution < -0.4 is 10.6 Å². The molecule has 0 aromatic heterocycles. The molecule has 1 unspecified atom stereocenters. The number of halogens is 2. The molecule has 0 bridgehead atoms. The Balaban J connectivity index is 0.00000180. The van der Waals surface area contributed by atoms with Gasteiger partial charge in [-0.15, -0.1) is 12.4 Å². The van der Waals surface area contributed by atoms with Crippen LogP contribution in [0.1, 0.15) is 31.7 Å². The Morgan fingerprint density at radius 2 is 2.11 bits per heavy atom. The number of rotatable bonds is 2. The lowest BCUT2D eigenvalue weighted by atomic mass is 9.90. The van der Waals surface area contributed by atoms with Crippen LogP contribution in [0.25, 0.3) is 0 Å². The largest absolute Gasteiger partial charge is 0.324 e. The van der Waals surface area contributed by atoms with Crippen molar-refractivity contribution < 1.29 is 9.18 Å². The predicted molar refractivity (Wildman–Crippen MR) is 77.3 cm³/mol. The van der Waals surface area contributed by atoms with Crippen LogP contribution in [0.2, 0.25) is 0 Å². The van der Waals surface area contributed by atoms with E-state index in [0.717, 1.165) is 31.4 Å². The molecule has 1 atom stereocenters. The number of amides is 1. The second-order valence-electron chi connectivity index (χ2n) is 5.19. The molecule has 1 heterocycles. The van der Waals surface area contributed by atoms with Gasteiger partial charge < -0.3 is 10.6 Å². The van der Waals surface area contributed by atoms with Gasteiger partial charge >= 0.3 is 0 Å². The topological polar surface area (TPSA) is 41.1 Å². The number of hydrogen-bond donors (Lipinski definition) is 2. The summed E-state index contributed by atoms with van der Waals surface area (Å²) in [6.45, 7) is 4.55. The molecular formula is C14H20ClFN2O. The third-order valence-electron chi connectivity index (χ3n) is 3.42. The zero-order valence-electron chi connectivity index (χ0n) is 11.3. The van der Waals surface area contributed by atoms with Crippen LogP contribution in [0.4, 0.5) is 10.1 Å². The van der Waals surface area contributed by atoms with Crippen molar-refractivity contribution in [3.05, 3.63) is 29.6 Å². The first-order chi connectivity index (χ1) is 8.49. The normalized spacial score (nSPS) is 22.5. The Kier molecular flexibility index (Phi) is 5.32. The number of carbonyl (C=O) groups excluding carboxylic acids is 1. The quantitative estimate of drug-likeness (QED) is 0.877. The number of piperidine rings is 1. The molecule has 0 spiro atoms. The first kappa shape index (κ1) is 15.9. The minimum atomic E-state index is -0.543. The lowest BCUT2D eigenvalue weighted by Gasteiger charge is -2.33. The predicted octanol–water partition coefficient (Wildman–Crippen LogP) is 3.03. The van der Waals surface area contributed by atoms with Crippen molar-refractivity contribution in [2.45, 2.75) is 38.6 Å². The Morgan fingerprint density at radius 3 is 2.68 bits per heavy atom. The average Bonchev–Trinajstić information content (AvgIpc) is 2.28. The third kappa shape index (κ3) is 3.91. The monoisotopic (exact) mass is 286 g/mol. The Labute approximate surface area is 119 Å². The van der Waals surface area contributed by atoms with Crippen molar-refractivity contribution in [1.29, 1.82) is 0 Å². The van der Waals surface area contributed by atoms with Gasteiger partial charge in [-0.05, 0) is 63.4 Å². The van der Waals surface area contributed by atoms with Crippen molar-refractivity contribution in [2.75, 3.05) is 11.9 Å². The number of nitrogens with one attached hydrogen (secondary N) is 2. The first-order valence-electron chi connectivity index (χ1n) is 6.33. The molecule has 1 aromatic rings. The number of carbonyl (C=O) groups is 1. The molecule has 0 radical (unpaired) electrons. The van der Waals surface area contributed by atoms with Gasteiger partial charge in [0.25, 0.3) is 0 Å². The maximum absolute atomic E-state index is 13.2. The number of benzene rings is 1. The molecule has 106 valence electrons. The van der Waals surface area contributed by atoms with Gasteiger partial charge in [-0.1, -0.05) is 0 Å². The molecule has 1 aliphatic rings. The maximum atomic E-state index is 13.2. The summed E-state index contributed by atoms with van der Waals surface area (Å²) in [6.07, 6.45) is 2.95. The number of anilines is 1. The van der Waals surface area contributed by atoms with Crippen LogP contribution in [0.5, 0.6) is 0 Å². The Bertz CT molecular complexity index is 439. The molecule has 3 nitrogen and oxygen atoms in total. The van der Waals surface area contributed by atoms with Gasteiger partial charge in [0.1, 0.15) is 5.82 Å². The van der Waals surface area contributed by atoms with E-state index in [0.29, 0.717) is 5.69 Å². The zero-order chi connectivity index (χ0) is 13.2. The van der Waals surface area contributed by atoms with E-state index >= 15 is 0 Å². The van der Waals surface area contributed by atoms with Crippen molar-refractivity contribution in [1.82, 2.24) is 5.32 Å². The van der Waals surface area contributed by atoms with Gasteiger partial charge in [0.05, 0.1) is 5.54 Å². The molecule has 1 aromatic carbocycles. The summed E-state index contributed by atoms with van der Waals surface area (Å²) in [4.78, 5) is 12.2. The van der Waals surface area contributed by atoms with Gasteiger partial charge in [0, 0.05) is 5.69 Å². The van der Waals surface area contributed by atoms with Crippen molar-refractivity contribution in [2.24, 2.45) is 0 Å². The molecule has 1 aliphatic heterocycles. The van der Waals surface area contributed by atoms with E-state index in [9.17, 15) is 9.18 Å². The summed E-state index contributed by atoms with van der Waals surface area (Å²) in [5.41, 5.74) is 0.775. The van der Waals surface area contributed by atoms with Gasteiger partial charge in [0.2, 0.25) is 5.91 Å². The second kappa shape index (κ2) is 6.35. The molecule has 1 saturated heterocycles. The van der Waals surface area contributed by atoms with Crippen LogP contribution in [-0.2, 0) is 4.79 Å². The zero-order valence-corrected chi connectivity index (χ0v) is 12.1. The van der Waals surface area contributed by atoms with Crippen molar-refractivity contribution >= 4 is 24.0 Å². The highest BCUT2D eigenvalue weighted by molar-refractivity contribution is 5.97. The smallest absolute Gasteiger partial charge is 0.244 e. The van der Waals surface area contributed by atoms with Crippen LogP contribution in [0, 0.1) is 12.7 Å². The fourth-order valence-corrected chi connectivity index (χ4v) is 2.33. The fraction of sp³-hybridized carbons (Fsp3) is 0.500. The lowest BCUT2D eigenvalue weighted by Crippen LogP contribution is -2.54. The van der Waals surface area contributed by atoms with E-state index in [2.05, 4.69) is 10.6 Å². The average molecular weight is 287 g/mol. The molecule has 19 heavy (non-hydrogen) atoms. The Morgan fingerprint density at radius 1 is 1.37 bits per heavy atom. The molecule has 5 heteroatoms. The highest BCUT2D eigenvalue weighted by Crippen LogP contribution is 2.21. The fourth-order valence-electron chi connectivity index (χ4n) is 2.33. The van der Waals surface area contributed by atoms with Gasteiger partial charge in [-0.3, -0.25) is 4.79 Å². The molecule has 2 rings (SSSR count). The Hall–Kier alpha value is -1.13. The maximum Gasteiger partial charge on any atom is 0.244 e. The first-order valence-corrected chi connectivity index (χ1v) is 6.33. The molecule has 2 N–H and O–H groups in total. The minimum absolute atomic E-state index is 0. The summed E-state index contributed by atoms with van der Waals surface area (Å²) in [5, 5.41) is 6.03.